The second-order valence-electron chi connectivity index (χ2n) is 5.68. The molecule has 2 heterocycles. The normalized spacial score (nSPS) is 20.5. The van der Waals surface area contributed by atoms with E-state index in [9.17, 15) is 13.2 Å². The smallest absolute Gasteiger partial charge is 0.370 e. The van der Waals surface area contributed by atoms with Crippen molar-refractivity contribution in [3.8, 4) is 0 Å². The molecule has 1 N–H and O–H groups in total. The highest BCUT2D eigenvalue weighted by atomic mass is 19.4. The van der Waals surface area contributed by atoms with Crippen molar-refractivity contribution >= 4 is 5.82 Å². The van der Waals surface area contributed by atoms with Gasteiger partial charge in [-0.1, -0.05) is 0 Å². The number of aryl methyl sites for hydroxylation is 2. The van der Waals surface area contributed by atoms with E-state index in [2.05, 4.69) is 15.3 Å². The maximum Gasteiger partial charge on any atom is 0.401 e. The zero-order chi connectivity index (χ0) is 15.5. The van der Waals surface area contributed by atoms with Crippen molar-refractivity contribution in [2.75, 3.05) is 31.5 Å². The molecule has 1 aliphatic rings. The number of hydrogen-bond acceptors (Lipinski definition) is 4. The molecule has 0 radical (unpaired) electrons. The van der Waals surface area contributed by atoms with Crippen LogP contribution < -0.4 is 5.32 Å². The number of halogens is 3. The van der Waals surface area contributed by atoms with Gasteiger partial charge >= 0.3 is 6.18 Å². The summed E-state index contributed by atoms with van der Waals surface area (Å²) >= 11 is 0. The van der Waals surface area contributed by atoms with E-state index in [4.69, 9.17) is 0 Å². The van der Waals surface area contributed by atoms with Gasteiger partial charge in [0.25, 0.3) is 0 Å². The van der Waals surface area contributed by atoms with E-state index in [-0.39, 0.29) is 5.92 Å². The fourth-order valence-electron chi connectivity index (χ4n) is 2.77. The number of rotatable bonds is 4. The van der Waals surface area contributed by atoms with E-state index in [1.54, 1.807) is 0 Å². The summed E-state index contributed by atoms with van der Waals surface area (Å²) in [7, 11) is 0. The highest BCUT2D eigenvalue weighted by Crippen LogP contribution is 2.22. The van der Waals surface area contributed by atoms with Crippen LogP contribution in [-0.4, -0.2) is 47.2 Å². The van der Waals surface area contributed by atoms with E-state index >= 15 is 0 Å². The van der Waals surface area contributed by atoms with Gasteiger partial charge in [0.15, 0.2) is 0 Å². The second-order valence-corrected chi connectivity index (χ2v) is 5.68. The van der Waals surface area contributed by atoms with Gasteiger partial charge in [-0.05, 0) is 39.2 Å². The first-order valence-corrected chi connectivity index (χ1v) is 7.17. The highest BCUT2D eigenvalue weighted by molar-refractivity contribution is 5.35. The minimum Gasteiger partial charge on any atom is -0.370 e. The van der Waals surface area contributed by atoms with Crippen LogP contribution in [0.2, 0.25) is 0 Å². The number of anilines is 1. The van der Waals surface area contributed by atoms with E-state index in [0.29, 0.717) is 25.5 Å². The van der Waals surface area contributed by atoms with Crippen LogP contribution in [0.5, 0.6) is 0 Å². The number of hydrogen-bond donors (Lipinski definition) is 1. The summed E-state index contributed by atoms with van der Waals surface area (Å²) < 4.78 is 37.3. The standard InChI is InChI=1S/C14H21F3N4/c1-10-6-13(20-11(2)19-10)18-7-12-4-3-5-21(8-12)9-14(15,16)17/h6,12H,3-5,7-9H2,1-2H3,(H,18,19,20). The number of piperidine rings is 1. The molecule has 1 unspecified atom stereocenters. The Morgan fingerprint density at radius 1 is 1.33 bits per heavy atom. The monoisotopic (exact) mass is 302 g/mol. The molecule has 0 aliphatic carbocycles. The minimum atomic E-state index is -4.11. The summed E-state index contributed by atoms with van der Waals surface area (Å²) in [6.45, 7) is 4.56. The van der Waals surface area contributed by atoms with Gasteiger partial charge in [0, 0.05) is 24.8 Å². The number of nitrogens with zero attached hydrogens (tertiary/aromatic N) is 3. The fourth-order valence-corrected chi connectivity index (χ4v) is 2.77. The molecule has 1 aliphatic heterocycles. The van der Waals surface area contributed by atoms with Crippen LogP contribution in [0.3, 0.4) is 0 Å². The van der Waals surface area contributed by atoms with E-state index in [0.717, 1.165) is 24.4 Å². The molecule has 0 saturated carbocycles. The van der Waals surface area contributed by atoms with Crippen LogP contribution in [0.15, 0.2) is 6.07 Å². The van der Waals surface area contributed by atoms with Gasteiger partial charge in [0.1, 0.15) is 11.6 Å². The molecule has 7 heteroatoms. The Balaban J connectivity index is 1.85. The van der Waals surface area contributed by atoms with Crippen molar-refractivity contribution in [2.24, 2.45) is 5.92 Å². The summed E-state index contributed by atoms with van der Waals surface area (Å²) in [6.07, 6.45) is -2.36. The number of alkyl halides is 3. The van der Waals surface area contributed by atoms with Gasteiger partial charge in [-0.25, -0.2) is 9.97 Å². The molecular weight excluding hydrogens is 281 g/mol. The Morgan fingerprint density at radius 3 is 2.76 bits per heavy atom. The quantitative estimate of drug-likeness (QED) is 0.928. The van der Waals surface area contributed by atoms with Crippen LogP contribution in [0.4, 0.5) is 19.0 Å². The number of nitrogens with one attached hydrogen (secondary N) is 1. The molecule has 1 atom stereocenters. The lowest BCUT2D eigenvalue weighted by Gasteiger charge is -2.33. The molecule has 0 spiro atoms. The molecule has 21 heavy (non-hydrogen) atoms. The second kappa shape index (κ2) is 6.60. The largest absolute Gasteiger partial charge is 0.401 e. The van der Waals surface area contributed by atoms with E-state index in [1.807, 2.05) is 19.9 Å². The zero-order valence-corrected chi connectivity index (χ0v) is 12.4. The topological polar surface area (TPSA) is 41.0 Å². The molecule has 0 bridgehead atoms. The molecular formula is C14H21F3N4. The lowest BCUT2D eigenvalue weighted by molar-refractivity contribution is -0.149. The van der Waals surface area contributed by atoms with Gasteiger partial charge in [-0.2, -0.15) is 13.2 Å². The number of aromatic nitrogens is 2. The molecule has 0 amide bonds. The lowest BCUT2D eigenvalue weighted by atomic mass is 9.98. The predicted octanol–water partition coefficient (Wildman–Crippen LogP) is 2.78. The predicted molar refractivity (Wildman–Crippen MR) is 75.2 cm³/mol. The maximum absolute atomic E-state index is 12.4. The molecule has 0 aromatic carbocycles. The van der Waals surface area contributed by atoms with Crippen molar-refractivity contribution in [1.82, 2.24) is 14.9 Å². The summed E-state index contributed by atoms with van der Waals surface area (Å²) in [5, 5.41) is 3.22. The third kappa shape index (κ3) is 5.49. The molecule has 118 valence electrons. The van der Waals surface area contributed by atoms with Gasteiger partial charge in [0.05, 0.1) is 6.54 Å². The van der Waals surface area contributed by atoms with Gasteiger partial charge < -0.3 is 5.32 Å². The maximum atomic E-state index is 12.4. The Kier molecular flexibility index (Phi) is 5.03. The average molecular weight is 302 g/mol. The average Bonchev–Trinajstić information content (AvgIpc) is 2.33. The lowest BCUT2D eigenvalue weighted by Crippen LogP contribution is -2.42. The summed E-state index contributed by atoms with van der Waals surface area (Å²) in [4.78, 5) is 9.97. The third-order valence-electron chi connectivity index (χ3n) is 3.54. The van der Waals surface area contributed by atoms with Crippen molar-refractivity contribution in [2.45, 2.75) is 32.9 Å². The van der Waals surface area contributed by atoms with Crippen LogP contribution in [0, 0.1) is 19.8 Å². The SMILES string of the molecule is Cc1cc(NCC2CCCN(CC(F)(F)F)C2)nc(C)n1. The first-order valence-electron chi connectivity index (χ1n) is 7.17. The Labute approximate surface area is 122 Å². The fraction of sp³-hybridized carbons (Fsp3) is 0.714. The van der Waals surface area contributed by atoms with Crippen LogP contribution >= 0.6 is 0 Å². The first-order chi connectivity index (χ1) is 9.82. The molecule has 1 aromatic rings. The highest BCUT2D eigenvalue weighted by Gasteiger charge is 2.32. The van der Waals surface area contributed by atoms with Gasteiger partial charge in [0.2, 0.25) is 0 Å². The van der Waals surface area contributed by atoms with Gasteiger partial charge in [-0.3, -0.25) is 4.90 Å². The first kappa shape index (κ1) is 16.0. The summed E-state index contributed by atoms with van der Waals surface area (Å²) in [5.74, 6) is 1.66. The van der Waals surface area contributed by atoms with Crippen LogP contribution in [0.25, 0.3) is 0 Å². The Bertz CT molecular complexity index is 456. The molecule has 1 fully saturated rings. The Hall–Kier alpha value is -1.37. The zero-order valence-electron chi connectivity index (χ0n) is 12.4. The molecule has 1 saturated heterocycles. The molecule has 2 rings (SSSR count). The third-order valence-corrected chi connectivity index (χ3v) is 3.54. The van der Waals surface area contributed by atoms with E-state index < -0.39 is 12.7 Å². The van der Waals surface area contributed by atoms with Crippen LogP contribution in [-0.2, 0) is 0 Å². The minimum absolute atomic E-state index is 0.219. The summed E-state index contributed by atoms with van der Waals surface area (Å²) in [6, 6.07) is 1.85. The van der Waals surface area contributed by atoms with Gasteiger partial charge in [-0.15, -0.1) is 0 Å². The van der Waals surface area contributed by atoms with Crippen molar-refractivity contribution < 1.29 is 13.2 Å². The number of likely N-dealkylation sites (tertiary alicyclic amines) is 1. The van der Waals surface area contributed by atoms with Crippen molar-refractivity contribution in [3.63, 3.8) is 0 Å². The van der Waals surface area contributed by atoms with E-state index in [1.165, 1.54) is 4.90 Å². The Morgan fingerprint density at radius 2 is 2.10 bits per heavy atom. The van der Waals surface area contributed by atoms with Crippen molar-refractivity contribution in [1.29, 1.82) is 0 Å². The van der Waals surface area contributed by atoms with Crippen molar-refractivity contribution in [3.05, 3.63) is 17.6 Å². The summed E-state index contributed by atoms with van der Waals surface area (Å²) in [5.41, 5.74) is 0.882. The molecule has 1 aromatic heterocycles. The molecule has 4 nitrogen and oxygen atoms in total. The van der Waals surface area contributed by atoms with Crippen LogP contribution in [0.1, 0.15) is 24.4 Å².